The zero-order valence-corrected chi connectivity index (χ0v) is 10.9. The molecule has 0 aliphatic carbocycles. The lowest BCUT2D eigenvalue weighted by atomic mass is 10.0. The van der Waals surface area contributed by atoms with E-state index in [1.807, 2.05) is 0 Å². The van der Waals surface area contributed by atoms with Crippen molar-refractivity contribution in [2.45, 2.75) is 20.0 Å². The first-order chi connectivity index (χ1) is 8.30. The highest BCUT2D eigenvalue weighted by atomic mass is 32.2. The second-order valence-electron chi connectivity index (χ2n) is 3.77. The smallest absolute Gasteiger partial charge is 0.288 e. The summed E-state index contributed by atoms with van der Waals surface area (Å²) in [6.07, 6.45) is -0.815. The second kappa shape index (κ2) is 6.09. The van der Waals surface area contributed by atoms with E-state index in [0.29, 0.717) is 11.3 Å². The Morgan fingerprint density at radius 2 is 2.06 bits per heavy atom. The highest BCUT2D eigenvalue weighted by Crippen LogP contribution is 2.30. The molecule has 1 aromatic carbocycles. The molecule has 0 atom stereocenters. The number of aryl methyl sites for hydroxylation is 1. The fourth-order valence-corrected chi connectivity index (χ4v) is 1.81. The average molecular weight is 274 g/mol. The van der Waals surface area contributed by atoms with Crippen molar-refractivity contribution in [3.05, 3.63) is 41.0 Å². The molecule has 1 nitrogen and oxygen atoms in total. The van der Waals surface area contributed by atoms with Gasteiger partial charge in [0, 0.05) is 12.7 Å². The third-order valence-corrected chi connectivity index (χ3v) is 3.04. The number of hydrogen-bond donors (Lipinski definition) is 0. The first-order valence-corrected chi connectivity index (χ1v) is 6.27. The van der Waals surface area contributed by atoms with Crippen LogP contribution in [0.25, 0.3) is 6.08 Å². The number of carbonyl (C=O) groups is 1. The van der Waals surface area contributed by atoms with Crippen molar-refractivity contribution < 1.29 is 18.0 Å². The Hall–Kier alpha value is -1.23. The molecule has 0 saturated carbocycles. The van der Waals surface area contributed by atoms with Crippen molar-refractivity contribution in [1.82, 2.24) is 0 Å². The van der Waals surface area contributed by atoms with Gasteiger partial charge in [-0.15, -0.1) is 0 Å². The summed E-state index contributed by atoms with van der Waals surface area (Å²) in [7, 11) is 0. The number of hydrogen-bond acceptors (Lipinski definition) is 2. The zero-order chi connectivity index (χ0) is 13.8. The number of benzene rings is 1. The highest BCUT2D eigenvalue weighted by molar-refractivity contribution is 8.13. The van der Waals surface area contributed by atoms with Gasteiger partial charge in [0.25, 0.3) is 0 Å². The van der Waals surface area contributed by atoms with Gasteiger partial charge in [-0.2, -0.15) is 13.2 Å². The number of rotatable bonds is 3. The molecule has 0 heterocycles. The van der Waals surface area contributed by atoms with Gasteiger partial charge in [-0.05, 0) is 30.2 Å². The molecule has 0 N–H and O–H groups in total. The average Bonchev–Trinajstić information content (AvgIpc) is 2.24. The van der Waals surface area contributed by atoms with Crippen molar-refractivity contribution in [2.75, 3.05) is 5.75 Å². The highest BCUT2D eigenvalue weighted by Gasteiger charge is 2.30. The third kappa shape index (κ3) is 4.56. The van der Waals surface area contributed by atoms with E-state index in [1.165, 1.54) is 13.0 Å². The van der Waals surface area contributed by atoms with Crippen molar-refractivity contribution >= 4 is 23.0 Å². The fraction of sp³-hybridized carbons (Fsp3) is 0.308. The molecule has 0 aliphatic heterocycles. The van der Waals surface area contributed by atoms with Gasteiger partial charge in [0.05, 0.1) is 5.56 Å². The first kappa shape index (κ1) is 14.8. The Bertz CT molecular complexity index is 464. The Labute approximate surface area is 108 Å². The lowest BCUT2D eigenvalue weighted by Gasteiger charge is -2.08. The summed E-state index contributed by atoms with van der Waals surface area (Å²) in [5.74, 6) is 0.524. The quantitative estimate of drug-likeness (QED) is 0.817. The maximum atomic E-state index is 12.4. The van der Waals surface area contributed by atoms with Crippen LogP contribution in [-0.2, 0) is 11.0 Å². The lowest BCUT2D eigenvalue weighted by Crippen LogP contribution is -2.05. The molecule has 0 saturated heterocycles. The fourth-order valence-electron chi connectivity index (χ4n) is 1.38. The summed E-state index contributed by atoms with van der Waals surface area (Å²) < 4.78 is 37.3. The number of carbonyl (C=O) groups excluding carboxylic acids is 1. The number of thioether (sulfide) groups is 1. The minimum absolute atomic E-state index is 0.0174. The Morgan fingerprint density at radius 3 is 2.56 bits per heavy atom. The summed E-state index contributed by atoms with van der Waals surface area (Å²) in [4.78, 5) is 10.7. The Morgan fingerprint density at radius 1 is 1.39 bits per heavy atom. The second-order valence-corrected chi connectivity index (χ2v) is 4.97. The predicted octanol–water partition coefficient (Wildman–Crippen LogP) is 4.31. The van der Waals surface area contributed by atoms with Crippen LogP contribution in [-0.4, -0.2) is 10.9 Å². The van der Waals surface area contributed by atoms with E-state index in [2.05, 4.69) is 0 Å². The summed E-state index contributed by atoms with van der Waals surface area (Å²) in [5, 5.41) is 0.0174. The van der Waals surface area contributed by atoms with E-state index < -0.39 is 11.7 Å². The van der Waals surface area contributed by atoms with Crippen molar-refractivity contribution in [3.8, 4) is 0 Å². The van der Waals surface area contributed by atoms with Gasteiger partial charge < -0.3 is 0 Å². The molecule has 98 valence electrons. The molecule has 0 bridgehead atoms. The van der Waals surface area contributed by atoms with Crippen LogP contribution in [0.15, 0.2) is 24.3 Å². The summed E-state index contributed by atoms with van der Waals surface area (Å²) in [6, 6.07) is 3.62. The maximum absolute atomic E-state index is 12.4. The molecule has 0 spiro atoms. The summed E-state index contributed by atoms with van der Waals surface area (Å²) in [6.45, 7) is 3.11. The van der Waals surface area contributed by atoms with Crippen LogP contribution < -0.4 is 0 Å². The van der Waals surface area contributed by atoms with Crippen LogP contribution in [0.5, 0.6) is 0 Å². The molecule has 0 radical (unpaired) electrons. The molecule has 0 aliphatic rings. The molecule has 1 rings (SSSR count). The van der Waals surface area contributed by atoms with Crippen molar-refractivity contribution in [2.24, 2.45) is 0 Å². The molecule has 0 aromatic heterocycles. The minimum atomic E-state index is -4.31. The van der Waals surface area contributed by atoms with Gasteiger partial charge in [-0.3, -0.25) is 4.79 Å². The molecule has 0 unspecified atom stereocenters. The van der Waals surface area contributed by atoms with E-state index in [4.69, 9.17) is 0 Å². The standard InChI is InChI=1S/C13H13F3OS/c1-9-8-12(13(14,15)16)6-5-11(9)4-3-7-18-10(2)17/h3-6,8H,7H2,1-2H3. The van der Waals surface area contributed by atoms with Gasteiger partial charge >= 0.3 is 6.18 Å². The largest absolute Gasteiger partial charge is 0.416 e. The van der Waals surface area contributed by atoms with Gasteiger partial charge in [0.15, 0.2) is 5.12 Å². The van der Waals surface area contributed by atoms with Crippen LogP contribution in [0.4, 0.5) is 13.2 Å². The van der Waals surface area contributed by atoms with Gasteiger partial charge in [-0.25, -0.2) is 0 Å². The lowest BCUT2D eigenvalue weighted by molar-refractivity contribution is -0.137. The summed E-state index contributed by atoms with van der Waals surface area (Å²) in [5.41, 5.74) is 0.649. The Balaban J connectivity index is 2.77. The van der Waals surface area contributed by atoms with E-state index in [-0.39, 0.29) is 5.12 Å². The van der Waals surface area contributed by atoms with E-state index in [0.717, 1.165) is 29.5 Å². The van der Waals surface area contributed by atoms with Gasteiger partial charge in [-0.1, -0.05) is 30.0 Å². The molecular weight excluding hydrogens is 261 g/mol. The van der Waals surface area contributed by atoms with Crippen molar-refractivity contribution in [3.63, 3.8) is 0 Å². The van der Waals surface area contributed by atoms with Gasteiger partial charge in [0.2, 0.25) is 0 Å². The zero-order valence-electron chi connectivity index (χ0n) is 10.0. The molecule has 0 fully saturated rings. The molecule has 18 heavy (non-hydrogen) atoms. The maximum Gasteiger partial charge on any atom is 0.416 e. The molecule has 1 aromatic rings. The monoisotopic (exact) mass is 274 g/mol. The van der Waals surface area contributed by atoms with Crippen LogP contribution in [0.3, 0.4) is 0 Å². The normalized spacial score (nSPS) is 12.1. The molecule has 5 heteroatoms. The van der Waals surface area contributed by atoms with E-state index in [9.17, 15) is 18.0 Å². The SMILES string of the molecule is CC(=O)SCC=Cc1ccc(C(F)(F)F)cc1C. The van der Waals surface area contributed by atoms with Gasteiger partial charge in [0.1, 0.15) is 0 Å². The van der Waals surface area contributed by atoms with Crippen LogP contribution in [0.1, 0.15) is 23.6 Å². The van der Waals surface area contributed by atoms with Crippen molar-refractivity contribution in [1.29, 1.82) is 0 Å². The third-order valence-electron chi connectivity index (χ3n) is 2.28. The van der Waals surface area contributed by atoms with Crippen LogP contribution in [0, 0.1) is 6.92 Å². The van der Waals surface area contributed by atoms with E-state index >= 15 is 0 Å². The van der Waals surface area contributed by atoms with Crippen LogP contribution >= 0.6 is 11.8 Å². The Kier molecular flexibility index (Phi) is 5.02. The molecular formula is C13H13F3OS. The predicted molar refractivity (Wildman–Crippen MR) is 68.4 cm³/mol. The van der Waals surface area contributed by atoms with Crippen LogP contribution in [0.2, 0.25) is 0 Å². The number of halogens is 3. The van der Waals surface area contributed by atoms with E-state index in [1.54, 1.807) is 19.1 Å². The summed E-state index contributed by atoms with van der Waals surface area (Å²) >= 11 is 1.16. The topological polar surface area (TPSA) is 17.1 Å². The number of alkyl halides is 3. The minimum Gasteiger partial charge on any atom is -0.288 e. The molecule has 0 amide bonds. The first-order valence-electron chi connectivity index (χ1n) is 5.28.